The Kier molecular flexibility index (Phi) is 7.37. The van der Waals surface area contributed by atoms with Crippen LogP contribution in [0.4, 0.5) is 0 Å². The second-order valence-corrected chi connectivity index (χ2v) is 6.69. The van der Waals surface area contributed by atoms with Crippen LogP contribution in [0.2, 0.25) is 3.93 Å². The molecule has 0 amide bonds. The van der Waals surface area contributed by atoms with Crippen LogP contribution in [-0.2, 0) is 26.1 Å². The summed E-state index contributed by atoms with van der Waals surface area (Å²) in [4.78, 5) is 10.9. The summed E-state index contributed by atoms with van der Waals surface area (Å²) in [5.74, 6) is -0.939. The maximum absolute atomic E-state index is 10.4. The Bertz CT molecular complexity index is 276. The summed E-state index contributed by atoms with van der Waals surface area (Å²) < 4.78 is 1.44. The standard InChI is InChI=1S/C7H6O2S.C2H5.Hg/c8-7(9)5-3-1-2-4-6(5)10;1-2;/h1-4,10H,(H,8,9);1H2,2H3;. The van der Waals surface area contributed by atoms with Gasteiger partial charge in [-0.2, -0.15) is 0 Å². The molecule has 0 aromatic heterocycles. The number of thiol groups is 1. The fraction of sp³-hybridized carbons (Fsp3) is 0.222. The Labute approximate surface area is 99.7 Å². The van der Waals surface area contributed by atoms with Crippen LogP contribution in [-0.4, -0.2) is 11.1 Å². The first-order valence-corrected chi connectivity index (χ1v) is 8.27. The number of hydrogen-bond acceptors (Lipinski definition) is 2. The van der Waals surface area contributed by atoms with Gasteiger partial charge in [-0.15, -0.1) is 12.6 Å². The van der Waals surface area contributed by atoms with Gasteiger partial charge in [0, 0.05) is 4.90 Å². The van der Waals surface area contributed by atoms with Gasteiger partial charge < -0.3 is 5.11 Å². The smallest absolute Gasteiger partial charge is 0.336 e. The molecule has 1 N–H and O–H groups in total. The van der Waals surface area contributed by atoms with Crippen LogP contribution in [0, 0.1) is 0 Å². The second kappa shape index (κ2) is 7.39. The molecule has 0 radical (unpaired) electrons. The maximum atomic E-state index is 10.4. The molecule has 2 nitrogen and oxygen atoms in total. The number of aromatic carboxylic acids is 1. The third kappa shape index (κ3) is 5.31. The van der Waals surface area contributed by atoms with Gasteiger partial charge in [0.05, 0.1) is 5.56 Å². The van der Waals surface area contributed by atoms with Crippen LogP contribution < -0.4 is 0 Å². The van der Waals surface area contributed by atoms with E-state index in [9.17, 15) is 4.79 Å². The largest absolute Gasteiger partial charge is 0.478 e. The summed E-state index contributed by atoms with van der Waals surface area (Å²) in [7, 11) is 0. The predicted octanol–water partition coefficient (Wildman–Crippen LogP) is 2.64. The summed E-state index contributed by atoms with van der Waals surface area (Å²) in [5, 5.41) is 8.52. The van der Waals surface area contributed by atoms with Gasteiger partial charge in [0.15, 0.2) is 0 Å². The molecular weight excluding hydrogens is 373 g/mol. The summed E-state index contributed by atoms with van der Waals surface area (Å²) >= 11 is 5.02. The van der Waals surface area contributed by atoms with Crippen molar-refractivity contribution in [1.29, 1.82) is 0 Å². The van der Waals surface area contributed by atoms with E-state index < -0.39 is 5.97 Å². The van der Waals surface area contributed by atoms with E-state index >= 15 is 0 Å². The van der Waals surface area contributed by atoms with Crippen molar-refractivity contribution in [2.75, 3.05) is 0 Å². The van der Waals surface area contributed by atoms with Crippen LogP contribution in [0.25, 0.3) is 0 Å². The summed E-state index contributed by atoms with van der Waals surface area (Å²) in [6.07, 6.45) is 0. The van der Waals surface area contributed by atoms with Gasteiger partial charge in [-0.25, -0.2) is 4.79 Å². The fourth-order valence-corrected chi connectivity index (χ4v) is 0.911. The van der Waals surface area contributed by atoms with E-state index in [-0.39, 0.29) is 5.56 Å². The minimum Gasteiger partial charge on any atom is -0.478 e. The first kappa shape index (κ1) is 13.0. The van der Waals surface area contributed by atoms with Gasteiger partial charge in [0.25, 0.3) is 0 Å². The van der Waals surface area contributed by atoms with Crippen LogP contribution in [0.3, 0.4) is 0 Å². The molecule has 0 unspecified atom stereocenters. The Morgan fingerprint density at radius 3 is 2.31 bits per heavy atom. The van der Waals surface area contributed by atoms with Gasteiger partial charge >= 0.3 is 42.9 Å². The number of carboxylic acid groups (broad SMARTS) is 1. The van der Waals surface area contributed by atoms with Crippen LogP contribution >= 0.6 is 12.6 Å². The molecular formula is C9H11HgO2S. The van der Waals surface area contributed by atoms with Crippen molar-refractivity contribution in [3.05, 3.63) is 29.8 Å². The van der Waals surface area contributed by atoms with E-state index in [1.54, 1.807) is 18.2 Å². The van der Waals surface area contributed by atoms with Gasteiger partial charge in [-0.05, 0) is 12.1 Å². The zero-order valence-electron chi connectivity index (χ0n) is 7.53. The quantitative estimate of drug-likeness (QED) is 0.578. The normalized spacial score (nSPS) is 8.62. The number of rotatable bonds is 1. The average molecular weight is 384 g/mol. The fourth-order valence-electron chi connectivity index (χ4n) is 0.654. The molecule has 1 aromatic carbocycles. The molecule has 0 spiro atoms. The van der Waals surface area contributed by atoms with Crippen molar-refractivity contribution >= 4 is 18.6 Å². The van der Waals surface area contributed by atoms with Crippen LogP contribution in [0.1, 0.15) is 17.3 Å². The molecule has 0 saturated heterocycles. The Hall–Kier alpha value is -0.0249. The average Bonchev–Trinajstić information content (AvgIpc) is 2.06. The van der Waals surface area contributed by atoms with E-state index in [1.807, 2.05) is 0 Å². The van der Waals surface area contributed by atoms with Crippen molar-refractivity contribution in [3.8, 4) is 0 Å². The monoisotopic (exact) mass is 385 g/mol. The molecule has 0 bridgehead atoms. The summed E-state index contributed by atoms with van der Waals surface area (Å²) in [5.41, 5.74) is 0.242. The van der Waals surface area contributed by atoms with Crippen molar-refractivity contribution in [2.45, 2.75) is 15.7 Å². The van der Waals surface area contributed by atoms with Crippen molar-refractivity contribution < 1.29 is 36.0 Å². The molecule has 0 heterocycles. The van der Waals surface area contributed by atoms with E-state index in [1.165, 1.54) is 10.00 Å². The number of hydrogen-bond donors (Lipinski definition) is 2. The number of carboxylic acids is 1. The molecule has 0 atom stereocenters. The first-order valence-electron chi connectivity index (χ1n) is 3.94. The Balaban J connectivity index is 0.000000424. The molecule has 0 aliphatic rings. The summed E-state index contributed by atoms with van der Waals surface area (Å²) in [6, 6.07) is 6.58. The molecule has 0 fully saturated rings. The third-order valence-electron chi connectivity index (χ3n) is 1.13. The summed E-state index contributed by atoms with van der Waals surface area (Å²) in [6.45, 7) is 2.21. The third-order valence-corrected chi connectivity index (χ3v) is 1.52. The second-order valence-electron chi connectivity index (χ2n) is 2.32. The van der Waals surface area contributed by atoms with E-state index in [4.69, 9.17) is 5.11 Å². The van der Waals surface area contributed by atoms with E-state index in [0.29, 0.717) is 4.90 Å². The van der Waals surface area contributed by atoms with E-state index in [0.717, 1.165) is 26.1 Å². The zero-order valence-corrected chi connectivity index (χ0v) is 13.9. The minimum atomic E-state index is -0.939. The molecule has 0 aliphatic carbocycles. The van der Waals surface area contributed by atoms with Gasteiger partial charge in [-0.1, -0.05) is 12.1 Å². The van der Waals surface area contributed by atoms with Crippen molar-refractivity contribution in [2.24, 2.45) is 0 Å². The first-order chi connectivity index (χ1) is 6.13. The van der Waals surface area contributed by atoms with Crippen molar-refractivity contribution in [1.82, 2.24) is 0 Å². The number of benzene rings is 1. The molecule has 4 heteroatoms. The molecule has 1 aromatic rings. The van der Waals surface area contributed by atoms with Gasteiger partial charge in [-0.3, -0.25) is 0 Å². The van der Waals surface area contributed by atoms with Gasteiger partial charge in [0.2, 0.25) is 0 Å². The predicted molar refractivity (Wildman–Crippen MR) is 51.1 cm³/mol. The molecule has 13 heavy (non-hydrogen) atoms. The van der Waals surface area contributed by atoms with Crippen LogP contribution in [0.15, 0.2) is 29.2 Å². The van der Waals surface area contributed by atoms with Crippen molar-refractivity contribution in [3.63, 3.8) is 0 Å². The zero-order chi connectivity index (χ0) is 10.3. The Morgan fingerprint density at radius 2 is 2.00 bits per heavy atom. The molecule has 1 rings (SSSR count). The minimum absolute atomic E-state index is 0.242. The van der Waals surface area contributed by atoms with Gasteiger partial charge in [0.1, 0.15) is 0 Å². The molecule has 67 valence electrons. The Morgan fingerprint density at radius 1 is 1.54 bits per heavy atom. The van der Waals surface area contributed by atoms with Crippen LogP contribution in [0.5, 0.6) is 0 Å². The SMILES string of the molecule is C[CH2][Hg].O=C(O)c1ccccc1S. The molecule has 0 saturated carbocycles. The maximum Gasteiger partial charge on any atom is 0.336 e. The number of carbonyl (C=O) groups is 1. The molecule has 0 aliphatic heterocycles. The van der Waals surface area contributed by atoms with E-state index in [2.05, 4.69) is 19.6 Å². The topological polar surface area (TPSA) is 37.3 Å².